The zero-order chi connectivity index (χ0) is 13.0. The number of benzene rings is 1. The number of nitrogens with zero attached hydrogens (tertiary/aromatic N) is 2. The number of thioether (sulfide) groups is 1. The fourth-order valence-corrected chi connectivity index (χ4v) is 3.15. The smallest absolute Gasteiger partial charge is 0.244 e. The highest BCUT2D eigenvalue weighted by Gasteiger charge is 2.30. The second-order valence-corrected chi connectivity index (χ2v) is 5.58. The zero-order valence-corrected chi connectivity index (χ0v) is 11.2. The molecule has 1 saturated heterocycles. The Bertz CT molecular complexity index is 455. The van der Waals surface area contributed by atoms with E-state index in [2.05, 4.69) is 6.07 Å². The molecule has 0 saturated carbocycles. The van der Waals surface area contributed by atoms with E-state index >= 15 is 0 Å². The van der Waals surface area contributed by atoms with E-state index in [1.54, 1.807) is 0 Å². The summed E-state index contributed by atoms with van der Waals surface area (Å²) in [5.74, 6) is 1.19. The molecule has 4 heteroatoms. The number of hydrogen-bond acceptors (Lipinski definition) is 3. The summed E-state index contributed by atoms with van der Waals surface area (Å²) in [5, 5.41) is 9.26. The molecule has 1 amide bonds. The first-order valence-electron chi connectivity index (χ1n) is 6.07. The molecular weight excluding hydrogens is 244 g/mol. The SMILES string of the molecule is CC1CSCCN1C(=O)C(C#N)c1ccccc1. The van der Waals surface area contributed by atoms with Crippen molar-refractivity contribution in [1.29, 1.82) is 5.26 Å². The molecule has 0 spiro atoms. The summed E-state index contributed by atoms with van der Waals surface area (Å²) in [6.07, 6.45) is 0. The van der Waals surface area contributed by atoms with E-state index in [0.717, 1.165) is 23.6 Å². The molecule has 2 atom stereocenters. The lowest BCUT2D eigenvalue weighted by atomic mass is 9.98. The highest BCUT2D eigenvalue weighted by molar-refractivity contribution is 7.99. The monoisotopic (exact) mass is 260 g/mol. The van der Waals surface area contributed by atoms with Gasteiger partial charge in [0.05, 0.1) is 6.07 Å². The third-order valence-electron chi connectivity index (χ3n) is 3.16. The highest BCUT2D eigenvalue weighted by Crippen LogP contribution is 2.23. The maximum Gasteiger partial charge on any atom is 0.244 e. The molecule has 2 rings (SSSR count). The van der Waals surface area contributed by atoms with Crippen molar-refractivity contribution >= 4 is 17.7 Å². The normalized spacial score (nSPS) is 21.1. The molecule has 0 aromatic heterocycles. The van der Waals surface area contributed by atoms with E-state index < -0.39 is 5.92 Å². The quantitative estimate of drug-likeness (QED) is 0.819. The second kappa shape index (κ2) is 5.92. The third-order valence-corrected chi connectivity index (χ3v) is 4.35. The molecule has 1 heterocycles. The van der Waals surface area contributed by atoms with E-state index in [4.69, 9.17) is 0 Å². The van der Waals surface area contributed by atoms with Gasteiger partial charge < -0.3 is 4.90 Å². The Labute approximate surface area is 112 Å². The Morgan fingerprint density at radius 2 is 2.22 bits per heavy atom. The van der Waals surface area contributed by atoms with Crippen molar-refractivity contribution in [2.24, 2.45) is 0 Å². The van der Waals surface area contributed by atoms with E-state index in [-0.39, 0.29) is 11.9 Å². The van der Waals surface area contributed by atoms with Gasteiger partial charge in [-0.1, -0.05) is 30.3 Å². The molecule has 18 heavy (non-hydrogen) atoms. The van der Waals surface area contributed by atoms with Crippen molar-refractivity contribution in [1.82, 2.24) is 4.90 Å². The minimum atomic E-state index is -0.670. The Morgan fingerprint density at radius 1 is 1.50 bits per heavy atom. The molecular formula is C14H16N2OS. The predicted molar refractivity (Wildman–Crippen MR) is 73.3 cm³/mol. The lowest BCUT2D eigenvalue weighted by molar-refractivity contribution is -0.133. The average Bonchev–Trinajstić information content (AvgIpc) is 2.41. The predicted octanol–water partition coefficient (Wildman–Crippen LogP) is 2.26. The van der Waals surface area contributed by atoms with Gasteiger partial charge in [0.25, 0.3) is 0 Å². The number of rotatable bonds is 2. The fourth-order valence-electron chi connectivity index (χ4n) is 2.14. The number of carbonyl (C=O) groups excluding carboxylic acids is 1. The van der Waals surface area contributed by atoms with Crippen LogP contribution in [0.4, 0.5) is 0 Å². The Morgan fingerprint density at radius 3 is 2.83 bits per heavy atom. The zero-order valence-electron chi connectivity index (χ0n) is 10.4. The average molecular weight is 260 g/mol. The minimum absolute atomic E-state index is 0.0588. The van der Waals surface area contributed by atoms with Gasteiger partial charge in [0, 0.05) is 24.1 Å². The summed E-state index contributed by atoms with van der Waals surface area (Å²) in [6.45, 7) is 2.79. The maximum absolute atomic E-state index is 12.4. The van der Waals surface area contributed by atoms with Gasteiger partial charge in [0.1, 0.15) is 5.92 Å². The largest absolute Gasteiger partial charge is 0.337 e. The first kappa shape index (κ1) is 13.0. The van der Waals surface area contributed by atoms with Crippen LogP contribution in [-0.4, -0.2) is 34.9 Å². The van der Waals surface area contributed by atoms with Crippen LogP contribution >= 0.6 is 11.8 Å². The van der Waals surface area contributed by atoms with E-state index in [1.165, 1.54) is 0 Å². The molecule has 0 bridgehead atoms. The highest BCUT2D eigenvalue weighted by atomic mass is 32.2. The topological polar surface area (TPSA) is 44.1 Å². The molecule has 1 aliphatic rings. The molecule has 1 aliphatic heterocycles. The number of nitriles is 1. The van der Waals surface area contributed by atoms with Gasteiger partial charge >= 0.3 is 0 Å². The summed E-state index contributed by atoms with van der Waals surface area (Å²) < 4.78 is 0. The van der Waals surface area contributed by atoms with Crippen LogP contribution < -0.4 is 0 Å². The van der Waals surface area contributed by atoms with Gasteiger partial charge in [0.15, 0.2) is 0 Å². The summed E-state index contributed by atoms with van der Waals surface area (Å²) in [4.78, 5) is 14.3. The van der Waals surface area contributed by atoms with E-state index in [0.29, 0.717) is 0 Å². The molecule has 94 valence electrons. The maximum atomic E-state index is 12.4. The van der Waals surface area contributed by atoms with Crippen molar-refractivity contribution < 1.29 is 4.79 Å². The van der Waals surface area contributed by atoms with Crippen LogP contribution in [0, 0.1) is 11.3 Å². The summed E-state index contributed by atoms with van der Waals surface area (Å²) in [6, 6.07) is 11.7. The van der Waals surface area contributed by atoms with E-state index in [9.17, 15) is 10.1 Å². The van der Waals surface area contributed by atoms with Crippen LogP contribution in [-0.2, 0) is 4.79 Å². The summed E-state index contributed by atoms with van der Waals surface area (Å²) in [5.41, 5.74) is 0.787. The lowest BCUT2D eigenvalue weighted by Crippen LogP contribution is -2.46. The lowest BCUT2D eigenvalue weighted by Gasteiger charge is -2.34. The van der Waals surface area contributed by atoms with Gasteiger partial charge in [-0.15, -0.1) is 0 Å². The Kier molecular flexibility index (Phi) is 4.27. The van der Waals surface area contributed by atoms with Crippen LogP contribution in [0.25, 0.3) is 0 Å². The molecule has 0 N–H and O–H groups in total. The van der Waals surface area contributed by atoms with Crippen molar-refractivity contribution in [3.63, 3.8) is 0 Å². The minimum Gasteiger partial charge on any atom is -0.337 e. The number of hydrogen-bond donors (Lipinski definition) is 0. The van der Waals surface area contributed by atoms with Gasteiger partial charge in [-0.2, -0.15) is 17.0 Å². The number of carbonyl (C=O) groups is 1. The van der Waals surface area contributed by atoms with Crippen LogP contribution in [0.3, 0.4) is 0 Å². The van der Waals surface area contributed by atoms with E-state index in [1.807, 2.05) is 53.9 Å². The van der Waals surface area contributed by atoms with Crippen LogP contribution in [0.15, 0.2) is 30.3 Å². The van der Waals surface area contributed by atoms with Crippen molar-refractivity contribution in [2.75, 3.05) is 18.1 Å². The molecule has 1 fully saturated rings. The van der Waals surface area contributed by atoms with Crippen LogP contribution in [0.1, 0.15) is 18.4 Å². The van der Waals surface area contributed by atoms with Gasteiger partial charge in [0.2, 0.25) is 5.91 Å². The third kappa shape index (κ3) is 2.68. The first-order valence-corrected chi connectivity index (χ1v) is 7.22. The van der Waals surface area contributed by atoms with Crippen molar-refractivity contribution in [3.05, 3.63) is 35.9 Å². The first-order chi connectivity index (χ1) is 8.74. The van der Waals surface area contributed by atoms with Crippen LogP contribution in [0.5, 0.6) is 0 Å². The molecule has 3 nitrogen and oxygen atoms in total. The van der Waals surface area contributed by atoms with Gasteiger partial charge in [-0.05, 0) is 12.5 Å². The molecule has 1 aromatic rings. The van der Waals surface area contributed by atoms with Gasteiger partial charge in [-0.3, -0.25) is 4.79 Å². The molecule has 0 aliphatic carbocycles. The standard InChI is InChI=1S/C14H16N2OS/c1-11-10-18-8-7-16(11)14(17)13(9-15)12-5-3-2-4-6-12/h2-6,11,13H,7-8,10H2,1H3. The molecule has 2 unspecified atom stereocenters. The van der Waals surface area contributed by atoms with Crippen molar-refractivity contribution in [2.45, 2.75) is 18.9 Å². The Hall–Kier alpha value is -1.47. The molecule has 1 aromatic carbocycles. The Balaban J connectivity index is 2.18. The molecule has 0 radical (unpaired) electrons. The van der Waals surface area contributed by atoms with Crippen LogP contribution in [0.2, 0.25) is 0 Å². The van der Waals surface area contributed by atoms with Crippen molar-refractivity contribution in [3.8, 4) is 6.07 Å². The second-order valence-electron chi connectivity index (χ2n) is 4.43. The summed E-state index contributed by atoms with van der Waals surface area (Å²) >= 11 is 1.86. The number of amides is 1. The summed E-state index contributed by atoms with van der Waals surface area (Å²) in [7, 11) is 0. The fraction of sp³-hybridized carbons (Fsp3) is 0.429. The van der Waals surface area contributed by atoms with Gasteiger partial charge in [-0.25, -0.2) is 0 Å².